The molecule has 3 heterocycles. The van der Waals surface area contributed by atoms with E-state index in [-0.39, 0.29) is 0 Å². The maximum Gasteiger partial charge on any atom is 0.0794 e. The lowest BCUT2D eigenvalue weighted by Crippen LogP contribution is -2.48. The van der Waals surface area contributed by atoms with Crippen LogP contribution in [0.15, 0.2) is 18.3 Å². The predicted molar refractivity (Wildman–Crippen MR) is 73.5 cm³/mol. The lowest BCUT2D eigenvalue weighted by molar-refractivity contribution is -0.281. The molecule has 3 heteroatoms. The van der Waals surface area contributed by atoms with Crippen LogP contribution in [0.3, 0.4) is 0 Å². The van der Waals surface area contributed by atoms with E-state index in [0.29, 0.717) is 12.1 Å². The molecule has 4 fully saturated rings. The van der Waals surface area contributed by atoms with Gasteiger partial charge < -0.3 is 0 Å². The predicted octanol–water partition coefficient (Wildman–Crippen LogP) is 3.41. The average Bonchev–Trinajstić information content (AvgIpc) is 2.40. The summed E-state index contributed by atoms with van der Waals surface area (Å²) in [5.41, 5.74) is 2.58. The fourth-order valence-corrected chi connectivity index (χ4v) is 3.54. The molecule has 0 atom stereocenters. The van der Waals surface area contributed by atoms with Crippen LogP contribution < -0.4 is 0 Å². The molecule has 1 aromatic heterocycles. The third-order valence-electron chi connectivity index (χ3n) is 5.04. The van der Waals surface area contributed by atoms with E-state index in [9.17, 15) is 0 Å². The van der Waals surface area contributed by atoms with Gasteiger partial charge >= 0.3 is 0 Å². The molecule has 4 aliphatic rings. The van der Waals surface area contributed by atoms with Gasteiger partial charge in [-0.2, -0.15) is 5.06 Å². The van der Waals surface area contributed by atoms with Gasteiger partial charge in [0.2, 0.25) is 0 Å². The molecule has 2 saturated carbocycles. The van der Waals surface area contributed by atoms with Crippen LogP contribution in [0.25, 0.3) is 0 Å². The summed E-state index contributed by atoms with van der Waals surface area (Å²) >= 11 is 0. The minimum absolute atomic E-state index is 0.479. The fourth-order valence-electron chi connectivity index (χ4n) is 3.54. The topological polar surface area (TPSA) is 25.4 Å². The number of nitrogens with zero attached hydrogens (tertiary/aromatic N) is 2. The molecule has 2 saturated heterocycles. The lowest BCUT2D eigenvalue weighted by Gasteiger charge is -2.44. The van der Waals surface area contributed by atoms with Crippen LogP contribution in [-0.2, 0) is 11.4 Å². The average molecular weight is 258 g/mol. The molecule has 2 aliphatic heterocycles. The smallest absolute Gasteiger partial charge is 0.0794 e. The molecule has 3 nitrogen and oxygen atoms in total. The Morgan fingerprint density at radius 2 is 1.95 bits per heavy atom. The van der Waals surface area contributed by atoms with Gasteiger partial charge in [0, 0.05) is 23.9 Å². The van der Waals surface area contributed by atoms with Crippen LogP contribution in [0.4, 0.5) is 0 Å². The van der Waals surface area contributed by atoms with Crippen molar-refractivity contribution in [1.82, 2.24) is 10.0 Å². The summed E-state index contributed by atoms with van der Waals surface area (Å²) in [4.78, 5) is 10.7. The number of fused-ring (bicyclic) bond motifs is 3. The standard InChI is InChI=1S/C16H22N2O/c1-2-13(3-1)16-9-4-12(10-17-16)11-18-14-5-7-15(19-18)8-6-14/h4,9-10,13-15H,1-3,5-8,11H2. The van der Waals surface area contributed by atoms with Crippen molar-refractivity contribution in [3.05, 3.63) is 29.6 Å². The second kappa shape index (κ2) is 4.88. The van der Waals surface area contributed by atoms with Crippen molar-refractivity contribution < 1.29 is 4.84 Å². The Kier molecular flexibility index (Phi) is 3.04. The van der Waals surface area contributed by atoms with E-state index < -0.39 is 0 Å². The van der Waals surface area contributed by atoms with Crippen LogP contribution in [0, 0.1) is 0 Å². The van der Waals surface area contributed by atoms with Gasteiger partial charge in [0.05, 0.1) is 12.6 Å². The highest BCUT2D eigenvalue weighted by Gasteiger charge is 2.34. The Balaban J connectivity index is 1.42. The Bertz CT molecular complexity index is 433. The molecule has 0 radical (unpaired) electrons. The molecule has 0 amide bonds. The van der Waals surface area contributed by atoms with Gasteiger partial charge in [-0.1, -0.05) is 12.5 Å². The van der Waals surface area contributed by atoms with E-state index in [1.807, 2.05) is 0 Å². The van der Waals surface area contributed by atoms with Crippen LogP contribution >= 0.6 is 0 Å². The molecule has 0 aromatic carbocycles. The highest BCUT2D eigenvalue weighted by Crippen LogP contribution is 2.36. The summed E-state index contributed by atoms with van der Waals surface area (Å²) in [7, 11) is 0. The normalized spacial score (nSPS) is 31.4. The highest BCUT2D eigenvalue weighted by molar-refractivity contribution is 5.18. The number of hydrogen-bond acceptors (Lipinski definition) is 3. The third-order valence-corrected chi connectivity index (χ3v) is 5.04. The molecule has 102 valence electrons. The van der Waals surface area contributed by atoms with Crippen LogP contribution in [-0.4, -0.2) is 22.2 Å². The number of hydroxylamine groups is 2. The minimum atomic E-state index is 0.479. The van der Waals surface area contributed by atoms with Gasteiger partial charge in [-0.25, -0.2) is 0 Å². The zero-order chi connectivity index (χ0) is 12.7. The zero-order valence-electron chi connectivity index (χ0n) is 11.4. The quantitative estimate of drug-likeness (QED) is 0.830. The van der Waals surface area contributed by atoms with Gasteiger partial charge in [0.15, 0.2) is 0 Å². The Morgan fingerprint density at radius 1 is 1.11 bits per heavy atom. The highest BCUT2D eigenvalue weighted by atomic mass is 16.7. The Morgan fingerprint density at radius 3 is 2.47 bits per heavy atom. The third kappa shape index (κ3) is 2.30. The maximum atomic E-state index is 6.00. The van der Waals surface area contributed by atoms with Crippen LogP contribution in [0.5, 0.6) is 0 Å². The van der Waals surface area contributed by atoms with E-state index in [0.717, 1.165) is 12.5 Å². The van der Waals surface area contributed by atoms with Crippen LogP contribution in [0.2, 0.25) is 0 Å². The first-order valence-corrected chi connectivity index (χ1v) is 7.77. The Hall–Kier alpha value is -0.930. The van der Waals surface area contributed by atoms with Gasteiger partial charge in [-0.05, 0) is 50.2 Å². The van der Waals surface area contributed by atoms with E-state index in [1.165, 1.54) is 56.2 Å². The summed E-state index contributed by atoms with van der Waals surface area (Å²) in [5, 5.41) is 2.21. The van der Waals surface area contributed by atoms with Crippen molar-refractivity contribution in [3.63, 3.8) is 0 Å². The van der Waals surface area contributed by atoms with Crippen molar-refractivity contribution in [2.75, 3.05) is 0 Å². The number of pyridine rings is 1. The second-order valence-corrected chi connectivity index (χ2v) is 6.33. The summed E-state index contributed by atoms with van der Waals surface area (Å²) in [6, 6.07) is 5.10. The molecular weight excluding hydrogens is 236 g/mol. The molecular formula is C16H22N2O. The largest absolute Gasteiger partial charge is 0.295 e. The molecule has 0 unspecified atom stereocenters. The molecule has 2 aliphatic carbocycles. The molecule has 5 rings (SSSR count). The second-order valence-electron chi connectivity index (χ2n) is 6.33. The summed E-state index contributed by atoms with van der Waals surface area (Å²) in [6.45, 7) is 0.902. The minimum Gasteiger partial charge on any atom is -0.295 e. The zero-order valence-corrected chi connectivity index (χ0v) is 11.4. The van der Waals surface area contributed by atoms with Crippen molar-refractivity contribution in [2.24, 2.45) is 0 Å². The van der Waals surface area contributed by atoms with E-state index >= 15 is 0 Å². The van der Waals surface area contributed by atoms with Gasteiger partial charge in [-0.15, -0.1) is 0 Å². The lowest BCUT2D eigenvalue weighted by atomic mass is 9.82. The molecule has 1 aromatic rings. The first kappa shape index (κ1) is 11.9. The van der Waals surface area contributed by atoms with Gasteiger partial charge in [0.1, 0.15) is 0 Å². The molecule has 2 bridgehead atoms. The van der Waals surface area contributed by atoms with Gasteiger partial charge in [0.25, 0.3) is 0 Å². The monoisotopic (exact) mass is 258 g/mol. The summed E-state index contributed by atoms with van der Waals surface area (Å²) in [5.74, 6) is 0.733. The van der Waals surface area contributed by atoms with E-state index in [2.05, 4.69) is 28.4 Å². The first-order chi connectivity index (χ1) is 9.38. The molecule has 0 spiro atoms. The number of hydrogen-bond donors (Lipinski definition) is 0. The maximum absolute atomic E-state index is 6.00. The number of rotatable bonds is 3. The van der Waals surface area contributed by atoms with Crippen molar-refractivity contribution in [1.29, 1.82) is 0 Å². The number of aromatic nitrogens is 1. The van der Waals surface area contributed by atoms with Crippen molar-refractivity contribution in [3.8, 4) is 0 Å². The Labute approximate surface area is 114 Å². The summed E-state index contributed by atoms with van der Waals surface area (Å²) < 4.78 is 0. The van der Waals surface area contributed by atoms with Crippen molar-refractivity contribution >= 4 is 0 Å². The SMILES string of the molecule is c1cc(C2CCC2)ncc1CN1OC2CCC1CC2. The first-order valence-electron chi connectivity index (χ1n) is 7.77. The summed E-state index contributed by atoms with van der Waals surface area (Å²) in [6.07, 6.45) is 11.7. The fraction of sp³-hybridized carbons (Fsp3) is 0.688. The molecule has 19 heavy (non-hydrogen) atoms. The van der Waals surface area contributed by atoms with E-state index in [1.54, 1.807) is 0 Å². The van der Waals surface area contributed by atoms with E-state index in [4.69, 9.17) is 4.84 Å². The molecule has 0 N–H and O–H groups in total. The van der Waals surface area contributed by atoms with Crippen LogP contribution in [0.1, 0.15) is 62.1 Å². The van der Waals surface area contributed by atoms with Gasteiger partial charge in [-0.3, -0.25) is 9.82 Å². The van der Waals surface area contributed by atoms with Crippen molar-refractivity contribution in [2.45, 2.75) is 69.6 Å².